The van der Waals surface area contributed by atoms with Gasteiger partial charge in [0.2, 0.25) is 0 Å². The van der Waals surface area contributed by atoms with Crippen LogP contribution in [0.15, 0.2) is 18.2 Å². The molecule has 0 spiro atoms. The Morgan fingerprint density at radius 1 is 1.39 bits per heavy atom. The van der Waals surface area contributed by atoms with Crippen LogP contribution >= 0.6 is 15.9 Å². The minimum atomic E-state index is -0.617. The molecule has 1 unspecified atom stereocenters. The highest BCUT2D eigenvalue weighted by Crippen LogP contribution is 2.30. The Balaban J connectivity index is 2.34. The van der Waals surface area contributed by atoms with E-state index in [1.165, 1.54) is 17.0 Å². The van der Waals surface area contributed by atoms with Crippen LogP contribution in [0.2, 0.25) is 0 Å². The molecule has 0 radical (unpaired) electrons. The van der Waals surface area contributed by atoms with Gasteiger partial charge < -0.3 is 4.90 Å². The largest absolute Gasteiger partial charge is 0.304 e. The molecule has 1 amide bonds. The second kappa shape index (κ2) is 5.18. The highest BCUT2D eigenvalue weighted by molar-refractivity contribution is 9.09. The number of carbonyl (C=O) groups excluding carboxylic acids is 2. The minimum absolute atomic E-state index is 0.171. The first-order valence-electron chi connectivity index (χ1n) is 5.80. The highest BCUT2D eigenvalue weighted by Gasteiger charge is 2.36. The summed E-state index contributed by atoms with van der Waals surface area (Å²) in [4.78, 5) is 25.1. The monoisotopic (exact) mass is 313 g/mol. The number of Topliss-reactive ketones (excluding diaryl/α,β-unsaturated/α-hetero) is 1. The molecule has 1 aliphatic rings. The fourth-order valence-electron chi connectivity index (χ4n) is 2.00. The van der Waals surface area contributed by atoms with Gasteiger partial charge in [0, 0.05) is 11.9 Å². The van der Waals surface area contributed by atoms with Gasteiger partial charge in [-0.25, -0.2) is 4.39 Å². The van der Waals surface area contributed by atoms with Gasteiger partial charge in [-0.3, -0.25) is 9.59 Å². The molecule has 2 rings (SSSR count). The lowest BCUT2D eigenvalue weighted by atomic mass is 10.1. The van der Waals surface area contributed by atoms with Gasteiger partial charge >= 0.3 is 0 Å². The molecule has 1 aromatic carbocycles. The van der Waals surface area contributed by atoms with Gasteiger partial charge in [-0.1, -0.05) is 29.3 Å². The van der Waals surface area contributed by atoms with Crippen molar-refractivity contribution < 1.29 is 14.0 Å². The van der Waals surface area contributed by atoms with Crippen LogP contribution in [0.1, 0.15) is 23.7 Å². The number of halogens is 2. The van der Waals surface area contributed by atoms with E-state index in [0.717, 1.165) is 17.8 Å². The molecule has 0 aromatic heterocycles. The van der Waals surface area contributed by atoms with E-state index in [1.54, 1.807) is 0 Å². The van der Waals surface area contributed by atoms with Gasteiger partial charge in [-0.05, 0) is 24.1 Å². The van der Waals surface area contributed by atoms with Crippen LogP contribution in [0.5, 0.6) is 0 Å². The van der Waals surface area contributed by atoms with Crippen molar-refractivity contribution >= 4 is 33.3 Å². The summed E-state index contributed by atoms with van der Waals surface area (Å²) >= 11 is 3.39. The molecule has 0 aliphatic carbocycles. The van der Waals surface area contributed by atoms with Crippen LogP contribution < -0.4 is 4.90 Å². The average molecular weight is 314 g/mol. The van der Waals surface area contributed by atoms with Crippen LogP contribution in [-0.4, -0.2) is 23.6 Å². The van der Waals surface area contributed by atoms with Crippen molar-refractivity contribution in [3.8, 4) is 0 Å². The first-order chi connectivity index (χ1) is 8.58. The molecule has 0 fully saturated rings. The summed E-state index contributed by atoms with van der Waals surface area (Å²) in [5.41, 5.74) is 0.690. The zero-order valence-corrected chi connectivity index (χ0v) is 11.5. The van der Waals surface area contributed by atoms with Crippen LogP contribution in [0.25, 0.3) is 0 Å². The van der Waals surface area contributed by atoms with Crippen LogP contribution in [0.4, 0.5) is 10.1 Å². The summed E-state index contributed by atoms with van der Waals surface area (Å²) in [5, 5.41) is 0.762. The number of rotatable bonds is 4. The van der Waals surface area contributed by atoms with Crippen molar-refractivity contribution in [3.05, 3.63) is 29.6 Å². The second-order valence-electron chi connectivity index (χ2n) is 4.33. The Kier molecular flexibility index (Phi) is 3.80. The van der Waals surface area contributed by atoms with Gasteiger partial charge in [0.1, 0.15) is 5.82 Å². The van der Waals surface area contributed by atoms with Crippen LogP contribution in [-0.2, 0) is 4.79 Å². The molecule has 0 N–H and O–H groups in total. The van der Waals surface area contributed by atoms with E-state index in [9.17, 15) is 14.0 Å². The highest BCUT2D eigenvalue weighted by atomic mass is 79.9. The molecule has 18 heavy (non-hydrogen) atoms. The van der Waals surface area contributed by atoms with Crippen molar-refractivity contribution in [1.29, 1.82) is 0 Å². The lowest BCUT2D eigenvalue weighted by molar-refractivity contribution is -0.114. The molecule has 1 aromatic rings. The predicted molar refractivity (Wildman–Crippen MR) is 70.7 cm³/mol. The lowest BCUT2D eigenvalue weighted by Gasteiger charge is -2.21. The fraction of sp³-hybridized carbons (Fsp3) is 0.385. The van der Waals surface area contributed by atoms with Crippen molar-refractivity contribution in [1.82, 2.24) is 0 Å². The molecular formula is C13H13BrFNO2. The van der Waals surface area contributed by atoms with E-state index in [2.05, 4.69) is 15.9 Å². The van der Waals surface area contributed by atoms with E-state index in [1.807, 2.05) is 6.92 Å². The maximum Gasteiger partial charge on any atom is 0.299 e. The second-order valence-corrected chi connectivity index (χ2v) is 4.98. The Bertz CT molecular complexity index is 500. The number of amides is 1. The number of ketones is 1. The molecule has 0 bridgehead atoms. The predicted octanol–water partition coefficient (Wildman–Crippen LogP) is 2.78. The third-order valence-electron chi connectivity index (χ3n) is 3.17. The van der Waals surface area contributed by atoms with Crippen molar-refractivity contribution in [2.45, 2.75) is 13.3 Å². The summed E-state index contributed by atoms with van der Waals surface area (Å²) in [6.07, 6.45) is 0.903. The number of fused-ring (bicyclic) bond motifs is 1. The van der Waals surface area contributed by atoms with Crippen LogP contribution in [0, 0.1) is 11.7 Å². The molecule has 1 atom stereocenters. The molecule has 0 saturated carbocycles. The maximum atomic E-state index is 13.1. The SMILES string of the molecule is CCC(CBr)CN1C(=O)C(=O)c2cc(F)ccc21. The topological polar surface area (TPSA) is 37.4 Å². The number of nitrogens with zero attached hydrogens (tertiary/aromatic N) is 1. The van der Waals surface area contributed by atoms with Crippen molar-refractivity contribution in [2.75, 3.05) is 16.8 Å². The van der Waals surface area contributed by atoms with Crippen molar-refractivity contribution in [2.24, 2.45) is 5.92 Å². The Hall–Kier alpha value is -1.23. The molecular weight excluding hydrogens is 301 g/mol. The Labute approximate surface area is 113 Å². The summed E-state index contributed by atoms with van der Waals surface area (Å²) in [6, 6.07) is 3.89. The molecule has 5 heteroatoms. The number of alkyl halides is 1. The minimum Gasteiger partial charge on any atom is -0.304 e. The third kappa shape index (κ3) is 2.19. The summed E-state index contributed by atoms with van der Waals surface area (Å²) in [7, 11) is 0. The zero-order valence-electron chi connectivity index (χ0n) is 9.95. The van der Waals surface area contributed by atoms with Gasteiger partial charge in [0.05, 0.1) is 11.3 Å². The normalized spacial score (nSPS) is 16.1. The lowest BCUT2D eigenvalue weighted by Crippen LogP contribution is -2.34. The van der Waals surface area contributed by atoms with E-state index in [4.69, 9.17) is 0 Å². The first-order valence-corrected chi connectivity index (χ1v) is 6.92. The van der Waals surface area contributed by atoms with E-state index < -0.39 is 17.5 Å². The number of hydrogen-bond acceptors (Lipinski definition) is 2. The average Bonchev–Trinajstić information content (AvgIpc) is 2.60. The fourth-order valence-corrected chi connectivity index (χ4v) is 2.66. The van der Waals surface area contributed by atoms with E-state index in [-0.39, 0.29) is 11.5 Å². The van der Waals surface area contributed by atoms with Gasteiger partial charge in [0.15, 0.2) is 0 Å². The number of benzene rings is 1. The molecule has 1 aliphatic heterocycles. The first kappa shape index (κ1) is 13.2. The quantitative estimate of drug-likeness (QED) is 0.633. The standard InChI is InChI=1S/C13H13BrFNO2/c1-2-8(6-14)7-16-11-4-3-9(15)5-10(11)12(17)13(16)18/h3-5,8H,2,6-7H2,1H3. The summed E-state index contributed by atoms with van der Waals surface area (Å²) in [5.74, 6) is -1.40. The van der Waals surface area contributed by atoms with Gasteiger partial charge in [-0.15, -0.1) is 0 Å². The number of carbonyl (C=O) groups is 2. The number of anilines is 1. The van der Waals surface area contributed by atoms with E-state index in [0.29, 0.717) is 12.2 Å². The van der Waals surface area contributed by atoms with Gasteiger partial charge in [0.25, 0.3) is 11.7 Å². The Morgan fingerprint density at radius 3 is 2.72 bits per heavy atom. The summed E-state index contributed by atoms with van der Waals surface area (Å²) < 4.78 is 13.1. The molecule has 96 valence electrons. The molecule has 3 nitrogen and oxygen atoms in total. The maximum absolute atomic E-state index is 13.1. The molecule has 1 heterocycles. The van der Waals surface area contributed by atoms with Gasteiger partial charge in [-0.2, -0.15) is 0 Å². The van der Waals surface area contributed by atoms with E-state index >= 15 is 0 Å². The summed E-state index contributed by atoms with van der Waals surface area (Å²) in [6.45, 7) is 2.50. The zero-order chi connectivity index (χ0) is 13.3. The van der Waals surface area contributed by atoms with Crippen LogP contribution in [0.3, 0.4) is 0 Å². The third-order valence-corrected chi connectivity index (χ3v) is 4.09. The number of hydrogen-bond donors (Lipinski definition) is 0. The Morgan fingerprint density at radius 2 is 2.11 bits per heavy atom. The molecule has 0 saturated heterocycles. The smallest absolute Gasteiger partial charge is 0.299 e. The van der Waals surface area contributed by atoms with Crippen molar-refractivity contribution in [3.63, 3.8) is 0 Å².